The third kappa shape index (κ3) is 5.27. The van der Waals surface area contributed by atoms with Crippen LogP contribution in [0.3, 0.4) is 0 Å². The number of halogens is 2. The Bertz CT molecular complexity index is 841. The number of hydrogen-bond acceptors (Lipinski definition) is 4. The van der Waals surface area contributed by atoms with Gasteiger partial charge in [0.15, 0.2) is 5.78 Å². The van der Waals surface area contributed by atoms with Crippen molar-refractivity contribution in [2.45, 2.75) is 26.7 Å². The number of Topliss-reactive ketones (excluding diaryl/α,β-unsaturated/α-hetero) is 2. The summed E-state index contributed by atoms with van der Waals surface area (Å²) in [6, 6.07) is 11.8. The van der Waals surface area contributed by atoms with Crippen LogP contribution in [0.2, 0.25) is 5.02 Å². The van der Waals surface area contributed by atoms with Crippen LogP contribution in [0.1, 0.15) is 41.3 Å². The van der Waals surface area contributed by atoms with Crippen molar-refractivity contribution in [2.24, 2.45) is 5.92 Å². The predicted octanol–water partition coefficient (Wildman–Crippen LogP) is 5.15. The molecule has 0 aliphatic heterocycles. The monoisotopic (exact) mass is 450 g/mol. The van der Waals surface area contributed by atoms with Crippen molar-refractivity contribution in [3.05, 3.63) is 68.7 Å². The Labute approximate surface area is 172 Å². The van der Waals surface area contributed by atoms with Gasteiger partial charge in [0.25, 0.3) is 0 Å². The molecule has 0 aliphatic rings. The predicted molar refractivity (Wildman–Crippen MR) is 108 cm³/mol. The second-order valence-electron chi connectivity index (χ2n) is 6.25. The fourth-order valence-electron chi connectivity index (χ4n) is 3.00. The highest BCUT2D eigenvalue weighted by Gasteiger charge is 2.40. The summed E-state index contributed by atoms with van der Waals surface area (Å²) in [5, 5.41) is 0.495. The van der Waals surface area contributed by atoms with Crippen LogP contribution in [-0.2, 0) is 14.3 Å². The topological polar surface area (TPSA) is 60.4 Å². The second kappa shape index (κ2) is 9.29. The van der Waals surface area contributed by atoms with Crippen LogP contribution < -0.4 is 0 Å². The molecular weight excluding hydrogens is 432 g/mol. The third-order valence-electron chi connectivity index (χ3n) is 4.15. The van der Waals surface area contributed by atoms with E-state index < -0.39 is 23.6 Å². The molecule has 0 saturated heterocycles. The molecule has 4 nitrogen and oxygen atoms in total. The molecule has 0 saturated carbocycles. The zero-order valence-corrected chi connectivity index (χ0v) is 17.6. The zero-order valence-electron chi connectivity index (χ0n) is 15.3. The van der Waals surface area contributed by atoms with Crippen LogP contribution in [0.5, 0.6) is 0 Å². The fourth-order valence-corrected chi connectivity index (χ4v) is 3.75. The first-order valence-corrected chi connectivity index (χ1v) is 9.65. The molecule has 0 N–H and O–H groups in total. The van der Waals surface area contributed by atoms with E-state index in [9.17, 15) is 14.4 Å². The number of benzene rings is 2. The molecule has 0 spiro atoms. The van der Waals surface area contributed by atoms with Gasteiger partial charge in [-0.3, -0.25) is 14.4 Å². The van der Waals surface area contributed by atoms with Crippen molar-refractivity contribution in [1.29, 1.82) is 0 Å². The molecule has 2 rings (SSSR count). The summed E-state index contributed by atoms with van der Waals surface area (Å²) < 4.78 is 5.85. The molecule has 0 aromatic heterocycles. The Hall–Kier alpha value is -1.98. The average molecular weight is 452 g/mol. The summed E-state index contributed by atoms with van der Waals surface area (Å²) in [4.78, 5) is 38.2. The van der Waals surface area contributed by atoms with Crippen molar-refractivity contribution in [3.8, 4) is 0 Å². The quantitative estimate of drug-likeness (QED) is 0.332. The van der Waals surface area contributed by atoms with Crippen molar-refractivity contribution in [3.63, 3.8) is 0 Å². The van der Waals surface area contributed by atoms with Crippen LogP contribution in [0, 0.1) is 12.8 Å². The maximum Gasteiger partial charge on any atom is 0.317 e. The number of carbonyl (C=O) groups is 3. The number of hydrogen-bond donors (Lipinski definition) is 0. The van der Waals surface area contributed by atoms with E-state index in [0.717, 1.165) is 10.0 Å². The van der Waals surface area contributed by atoms with E-state index in [1.807, 2.05) is 13.0 Å². The zero-order chi connectivity index (χ0) is 20.1. The van der Waals surface area contributed by atoms with Crippen molar-refractivity contribution >= 4 is 45.1 Å². The van der Waals surface area contributed by atoms with Crippen molar-refractivity contribution in [1.82, 2.24) is 0 Å². The van der Waals surface area contributed by atoms with Gasteiger partial charge >= 0.3 is 5.97 Å². The second-order valence-corrected chi connectivity index (χ2v) is 7.60. The molecule has 0 fully saturated rings. The van der Waals surface area contributed by atoms with E-state index in [2.05, 4.69) is 15.9 Å². The highest BCUT2D eigenvalue weighted by molar-refractivity contribution is 9.10. The molecule has 2 unspecified atom stereocenters. The van der Waals surface area contributed by atoms with Gasteiger partial charge in [-0.25, -0.2) is 0 Å². The lowest BCUT2D eigenvalue weighted by atomic mass is 9.78. The molecule has 0 aliphatic carbocycles. The van der Waals surface area contributed by atoms with Crippen LogP contribution in [-0.4, -0.2) is 24.1 Å². The molecule has 2 atom stereocenters. The van der Waals surface area contributed by atoms with Crippen LogP contribution in [0.4, 0.5) is 0 Å². The van der Waals surface area contributed by atoms with Crippen molar-refractivity contribution < 1.29 is 19.1 Å². The Morgan fingerprint density at radius 3 is 2.26 bits per heavy atom. The minimum Gasteiger partial charge on any atom is -0.465 e. The third-order valence-corrected chi connectivity index (χ3v) is 4.86. The van der Waals surface area contributed by atoms with Gasteiger partial charge in [-0.2, -0.15) is 0 Å². The van der Waals surface area contributed by atoms with Gasteiger partial charge in [0.1, 0.15) is 11.7 Å². The van der Waals surface area contributed by atoms with Gasteiger partial charge in [0.05, 0.1) is 12.5 Å². The maximum absolute atomic E-state index is 13.3. The van der Waals surface area contributed by atoms with Crippen LogP contribution in [0.25, 0.3) is 0 Å². The Morgan fingerprint density at radius 1 is 1.11 bits per heavy atom. The molecule has 0 bridgehead atoms. The van der Waals surface area contributed by atoms with E-state index in [4.69, 9.17) is 16.3 Å². The standard InChI is InChI=1S/C21H20BrClO4/c1-4-27-21(26)18(13(3)24)19(15-9-12(2)10-16(22)11-15)20(25)14-5-7-17(23)8-6-14/h5-11,18-19H,4H2,1-3H3. The van der Waals surface area contributed by atoms with Gasteiger partial charge in [0, 0.05) is 15.1 Å². The molecule has 142 valence electrons. The molecule has 0 heterocycles. The Balaban J connectivity index is 2.62. The summed E-state index contributed by atoms with van der Waals surface area (Å²) in [5.74, 6) is -3.66. The summed E-state index contributed by atoms with van der Waals surface area (Å²) >= 11 is 9.33. The fraction of sp³-hybridized carbons (Fsp3) is 0.286. The average Bonchev–Trinajstić information content (AvgIpc) is 2.58. The van der Waals surface area contributed by atoms with Crippen molar-refractivity contribution in [2.75, 3.05) is 6.61 Å². The van der Waals surface area contributed by atoms with Crippen LogP contribution >= 0.6 is 27.5 Å². The molecule has 0 radical (unpaired) electrons. The number of ether oxygens (including phenoxy) is 1. The molecular formula is C21H20BrClO4. The highest BCUT2D eigenvalue weighted by Crippen LogP contribution is 2.33. The summed E-state index contributed by atoms with van der Waals surface area (Å²) in [5.41, 5.74) is 1.85. The van der Waals surface area contributed by atoms with Crippen LogP contribution in [0.15, 0.2) is 46.9 Å². The van der Waals surface area contributed by atoms with E-state index in [-0.39, 0.29) is 12.4 Å². The first kappa shape index (κ1) is 21.3. The Morgan fingerprint density at radius 2 is 1.74 bits per heavy atom. The van der Waals surface area contributed by atoms with Gasteiger partial charge in [-0.05, 0) is 68.3 Å². The first-order chi connectivity index (χ1) is 12.7. The number of ketones is 2. The lowest BCUT2D eigenvalue weighted by molar-refractivity contribution is -0.151. The molecule has 27 heavy (non-hydrogen) atoms. The van der Waals surface area contributed by atoms with E-state index in [1.165, 1.54) is 6.92 Å². The number of carbonyl (C=O) groups excluding carboxylic acids is 3. The molecule has 6 heteroatoms. The molecule has 2 aromatic carbocycles. The number of esters is 1. The minimum absolute atomic E-state index is 0.127. The minimum atomic E-state index is -1.22. The molecule has 2 aromatic rings. The highest BCUT2D eigenvalue weighted by atomic mass is 79.9. The smallest absolute Gasteiger partial charge is 0.317 e. The maximum atomic E-state index is 13.3. The van der Waals surface area contributed by atoms with Gasteiger partial charge in [-0.1, -0.05) is 33.6 Å². The van der Waals surface area contributed by atoms with E-state index in [1.54, 1.807) is 43.3 Å². The first-order valence-electron chi connectivity index (χ1n) is 8.48. The van der Waals surface area contributed by atoms with Gasteiger partial charge in [-0.15, -0.1) is 0 Å². The van der Waals surface area contributed by atoms with Gasteiger partial charge < -0.3 is 4.74 Å². The lowest BCUT2D eigenvalue weighted by Crippen LogP contribution is -2.35. The van der Waals surface area contributed by atoms with Gasteiger partial charge in [0.2, 0.25) is 0 Å². The van der Waals surface area contributed by atoms with E-state index >= 15 is 0 Å². The SMILES string of the molecule is CCOC(=O)C(C(C)=O)C(C(=O)c1ccc(Cl)cc1)c1cc(C)cc(Br)c1. The Kier molecular flexibility index (Phi) is 7.33. The summed E-state index contributed by atoms with van der Waals surface area (Å²) in [7, 11) is 0. The van der Waals surface area contributed by atoms with E-state index in [0.29, 0.717) is 16.1 Å². The largest absolute Gasteiger partial charge is 0.465 e. The normalized spacial score (nSPS) is 12.9. The number of rotatable bonds is 7. The lowest BCUT2D eigenvalue weighted by Gasteiger charge is -2.24. The summed E-state index contributed by atoms with van der Waals surface area (Å²) in [6.45, 7) is 4.97. The molecule has 0 amide bonds. The number of aryl methyl sites for hydroxylation is 1. The summed E-state index contributed by atoms with van der Waals surface area (Å²) in [6.07, 6.45) is 0.